The quantitative estimate of drug-likeness (QED) is 0.807. The average Bonchev–Trinajstić information content (AvgIpc) is 2.59. The smallest absolute Gasteiger partial charge is 0.251 e. The molecule has 0 aliphatic heterocycles. The molecular formula is C12H20F2N2O3S. The van der Waals surface area contributed by atoms with Crippen LogP contribution < -0.4 is 10.0 Å². The zero-order valence-electron chi connectivity index (χ0n) is 12.0. The van der Waals surface area contributed by atoms with Gasteiger partial charge in [-0.05, 0) is 13.8 Å². The maximum atomic E-state index is 12.2. The monoisotopic (exact) mass is 310 g/mol. The van der Waals surface area contributed by atoms with E-state index in [0.717, 1.165) is 0 Å². The second-order valence-corrected chi connectivity index (χ2v) is 6.50. The minimum absolute atomic E-state index is 0.0520. The van der Waals surface area contributed by atoms with Gasteiger partial charge in [-0.25, -0.2) is 21.9 Å². The molecule has 0 saturated heterocycles. The molecule has 0 atom stereocenters. The van der Waals surface area contributed by atoms with Gasteiger partial charge in [0.15, 0.2) is 0 Å². The number of hydrogen-bond donors (Lipinski definition) is 2. The topological polar surface area (TPSA) is 71.3 Å². The number of nitrogens with one attached hydrogen (secondary N) is 2. The predicted molar refractivity (Wildman–Crippen MR) is 71.4 cm³/mol. The summed E-state index contributed by atoms with van der Waals surface area (Å²) >= 11 is 0. The molecular weight excluding hydrogens is 290 g/mol. The lowest BCUT2D eigenvalue weighted by Crippen LogP contribution is -2.30. The zero-order chi connectivity index (χ0) is 15.5. The van der Waals surface area contributed by atoms with Crippen LogP contribution in [0.5, 0.6) is 0 Å². The molecule has 0 fully saturated rings. The van der Waals surface area contributed by atoms with Crippen LogP contribution in [0.15, 0.2) is 9.31 Å². The van der Waals surface area contributed by atoms with Crippen molar-refractivity contribution in [3.8, 4) is 0 Å². The van der Waals surface area contributed by atoms with Crippen LogP contribution in [0.2, 0.25) is 0 Å². The van der Waals surface area contributed by atoms with Gasteiger partial charge in [-0.3, -0.25) is 0 Å². The summed E-state index contributed by atoms with van der Waals surface area (Å²) < 4.78 is 55.8. The van der Waals surface area contributed by atoms with Gasteiger partial charge in [-0.2, -0.15) is 0 Å². The fourth-order valence-corrected chi connectivity index (χ4v) is 3.27. The first kappa shape index (κ1) is 17.1. The molecule has 0 spiro atoms. The maximum Gasteiger partial charge on any atom is 0.251 e. The van der Waals surface area contributed by atoms with E-state index in [9.17, 15) is 17.2 Å². The first-order chi connectivity index (χ1) is 9.15. The van der Waals surface area contributed by atoms with Gasteiger partial charge >= 0.3 is 0 Å². The first-order valence-corrected chi connectivity index (χ1v) is 7.73. The van der Waals surface area contributed by atoms with Crippen molar-refractivity contribution in [1.29, 1.82) is 0 Å². The molecule has 2 N–H and O–H groups in total. The molecule has 0 radical (unpaired) electrons. The molecule has 0 aliphatic carbocycles. The van der Waals surface area contributed by atoms with E-state index in [-0.39, 0.29) is 16.7 Å². The third kappa shape index (κ3) is 4.26. The maximum absolute atomic E-state index is 12.2. The molecule has 0 amide bonds. The van der Waals surface area contributed by atoms with Crippen LogP contribution in [0.3, 0.4) is 0 Å². The van der Waals surface area contributed by atoms with E-state index in [0.29, 0.717) is 17.9 Å². The minimum Gasteiger partial charge on any atom is -0.465 e. The zero-order valence-corrected chi connectivity index (χ0v) is 12.8. The van der Waals surface area contributed by atoms with E-state index in [2.05, 4.69) is 5.32 Å². The lowest BCUT2D eigenvalue weighted by molar-refractivity contribution is 0.153. The van der Waals surface area contributed by atoms with Crippen LogP contribution in [-0.4, -0.2) is 27.4 Å². The van der Waals surface area contributed by atoms with E-state index < -0.39 is 23.0 Å². The van der Waals surface area contributed by atoms with Crippen molar-refractivity contribution in [2.24, 2.45) is 0 Å². The minimum atomic E-state index is -4.01. The lowest BCUT2D eigenvalue weighted by Gasteiger charge is -2.11. The van der Waals surface area contributed by atoms with Gasteiger partial charge in [0, 0.05) is 18.2 Å². The van der Waals surface area contributed by atoms with Gasteiger partial charge in [0.1, 0.15) is 16.4 Å². The van der Waals surface area contributed by atoms with Crippen molar-refractivity contribution in [2.75, 3.05) is 6.54 Å². The number of sulfonamides is 1. The molecule has 20 heavy (non-hydrogen) atoms. The van der Waals surface area contributed by atoms with Crippen molar-refractivity contribution in [3.05, 3.63) is 17.1 Å². The van der Waals surface area contributed by atoms with Crippen molar-refractivity contribution < 1.29 is 21.6 Å². The van der Waals surface area contributed by atoms with Crippen molar-refractivity contribution in [1.82, 2.24) is 10.0 Å². The van der Waals surface area contributed by atoms with Crippen LogP contribution in [-0.2, 0) is 16.6 Å². The average molecular weight is 310 g/mol. The number of rotatable bonds is 7. The second-order valence-electron chi connectivity index (χ2n) is 4.80. The Labute approximate surface area is 117 Å². The fourth-order valence-electron chi connectivity index (χ4n) is 1.82. The summed E-state index contributed by atoms with van der Waals surface area (Å²) in [5.74, 6) is 0.665. The van der Waals surface area contributed by atoms with Crippen LogP contribution in [0, 0.1) is 13.8 Å². The highest BCUT2D eigenvalue weighted by atomic mass is 32.2. The molecule has 116 valence electrons. The summed E-state index contributed by atoms with van der Waals surface area (Å²) in [6, 6.07) is 0.161. The Hall–Kier alpha value is -0.990. The van der Waals surface area contributed by atoms with Gasteiger partial charge in [0.25, 0.3) is 6.43 Å². The summed E-state index contributed by atoms with van der Waals surface area (Å²) in [6.07, 6.45) is -2.74. The van der Waals surface area contributed by atoms with Gasteiger partial charge in [0.05, 0.1) is 6.54 Å². The molecule has 1 rings (SSSR count). The summed E-state index contributed by atoms with van der Waals surface area (Å²) in [5, 5.41) is 3.09. The van der Waals surface area contributed by atoms with Crippen LogP contribution >= 0.6 is 0 Å². The molecule has 1 heterocycles. The van der Waals surface area contributed by atoms with Crippen LogP contribution in [0.1, 0.15) is 30.9 Å². The summed E-state index contributed by atoms with van der Waals surface area (Å²) in [4.78, 5) is -0.0520. The van der Waals surface area contributed by atoms with Gasteiger partial charge < -0.3 is 9.73 Å². The van der Waals surface area contributed by atoms with Crippen LogP contribution in [0.25, 0.3) is 0 Å². The lowest BCUT2D eigenvalue weighted by atomic mass is 10.2. The van der Waals surface area contributed by atoms with E-state index in [1.54, 1.807) is 6.92 Å². The van der Waals surface area contributed by atoms with E-state index in [1.807, 2.05) is 18.6 Å². The number of aryl methyl sites for hydroxylation is 2. The molecule has 0 unspecified atom stereocenters. The number of alkyl halides is 2. The molecule has 5 nitrogen and oxygen atoms in total. The van der Waals surface area contributed by atoms with Crippen molar-refractivity contribution in [2.45, 2.75) is 51.6 Å². The predicted octanol–water partition coefficient (Wildman–Crippen LogP) is 1.94. The second kappa shape index (κ2) is 6.64. The number of hydrogen-bond acceptors (Lipinski definition) is 4. The molecule has 0 saturated carbocycles. The van der Waals surface area contributed by atoms with Crippen molar-refractivity contribution >= 4 is 10.0 Å². The van der Waals surface area contributed by atoms with E-state index in [4.69, 9.17) is 4.42 Å². The normalized spacial score (nSPS) is 12.6. The molecule has 1 aromatic rings. The highest BCUT2D eigenvalue weighted by Gasteiger charge is 2.27. The van der Waals surface area contributed by atoms with Crippen molar-refractivity contribution in [3.63, 3.8) is 0 Å². The summed E-state index contributed by atoms with van der Waals surface area (Å²) in [5.41, 5.74) is 0.470. The first-order valence-electron chi connectivity index (χ1n) is 6.25. The molecule has 0 bridgehead atoms. The Kier molecular flexibility index (Phi) is 5.67. The number of furan rings is 1. The highest BCUT2D eigenvalue weighted by molar-refractivity contribution is 7.89. The Morgan fingerprint density at radius 2 is 1.80 bits per heavy atom. The Morgan fingerprint density at radius 3 is 2.30 bits per heavy atom. The standard InChI is InChI=1S/C12H20F2N2O3S/c1-7(2)15-5-10-8(3)19-9(4)12(10)20(17,18)16-6-11(13)14/h7,11,15-16H,5-6H2,1-4H3. The Morgan fingerprint density at radius 1 is 1.20 bits per heavy atom. The summed E-state index contributed by atoms with van der Waals surface area (Å²) in [6.45, 7) is 6.38. The molecule has 0 aliphatic rings. The molecule has 1 aromatic heterocycles. The van der Waals surface area contributed by atoms with Crippen LogP contribution in [0.4, 0.5) is 8.78 Å². The fraction of sp³-hybridized carbons (Fsp3) is 0.667. The van der Waals surface area contributed by atoms with E-state index in [1.165, 1.54) is 6.92 Å². The largest absolute Gasteiger partial charge is 0.465 e. The highest BCUT2D eigenvalue weighted by Crippen LogP contribution is 2.26. The van der Waals surface area contributed by atoms with Gasteiger partial charge in [-0.15, -0.1) is 0 Å². The SMILES string of the molecule is Cc1oc(C)c(S(=O)(=O)NCC(F)F)c1CNC(C)C. The molecule has 0 aromatic carbocycles. The Bertz CT molecular complexity index is 553. The third-order valence-corrected chi connectivity index (χ3v) is 4.33. The van der Waals surface area contributed by atoms with Gasteiger partial charge in [0.2, 0.25) is 10.0 Å². The summed E-state index contributed by atoms with van der Waals surface area (Å²) in [7, 11) is -4.01. The third-order valence-electron chi connectivity index (χ3n) is 2.71. The number of halogens is 2. The van der Waals surface area contributed by atoms with Gasteiger partial charge in [-0.1, -0.05) is 13.8 Å². The van der Waals surface area contributed by atoms with E-state index >= 15 is 0 Å². The molecule has 8 heteroatoms. The Balaban J connectivity index is 3.09.